The van der Waals surface area contributed by atoms with Crippen LogP contribution in [0.15, 0.2) is 212 Å². The summed E-state index contributed by atoms with van der Waals surface area (Å²) in [6.45, 7) is 4.72. The van der Waals surface area contributed by atoms with Gasteiger partial charge in [-0.1, -0.05) is 184 Å². The normalized spacial score (nSPS) is 12.7. The summed E-state index contributed by atoms with van der Waals surface area (Å²) >= 11 is 1.87. The predicted molar refractivity (Wildman–Crippen MR) is 253 cm³/mol. The van der Waals surface area contributed by atoms with E-state index in [1.807, 2.05) is 11.3 Å². The van der Waals surface area contributed by atoms with Gasteiger partial charge in [-0.05, 0) is 104 Å². The Morgan fingerprint density at radius 3 is 1.56 bits per heavy atom. The van der Waals surface area contributed by atoms with E-state index in [2.05, 4.69) is 231 Å². The molecule has 1 aliphatic rings. The van der Waals surface area contributed by atoms with Crippen molar-refractivity contribution in [3.8, 4) is 55.6 Å². The van der Waals surface area contributed by atoms with E-state index in [-0.39, 0.29) is 5.41 Å². The Labute approximate surface area is 350 Å². The first-order valence-electron chi connectivity index (χ1n) is 20.4. The van der Waals surface area contributed by atoms with Crippen LogP contribution in [0.5, 0.6) is 0 Å². The highest BCUT2D eigenvalue weighted by molar-refractivity contribution is 7.25. The number of para-hydroxylation sites is 1. The highest BCUT2D eigenvalue weighted by Crippen LogP contribution is 2.54. The summed E-state index contributed by atoms with van der Waals surface area (Å²) in [5, 5.41) is 2.65. The molecule has 0 unspecified atom stereocenters. The largest absolute Gasteiger partial charge is 0.310 e. The quantitative estimate of drug-likeness (QED) is 0.156. The molecule has 0 amide bonds. The number of hydrogen-bond donors (Lipinski definition) is 0. The van der Waals surface area contributed by atoms with Gasteiger partial charge < -0.3 is 4.90 Å². The van der Waals surface area contributed by atoms with Crippen LogP contribution >= 0.6 is 11.3 Å². The number of anilines is 3. The minimum Gasteiger partial charge on any atom is -0.310 e. The van der Waals surface area contributed by atoms with Crippen LogP contribution in [0.3, 0.4) is 0 Å². The Bertz CT molecular complexity index is 3150. The van der Waals surface area contributed by atoms with E-state index in [1.165, 1.54) is 86.9 Å². The van der Waals surface area contributed by atoms with Gasteiger partial charge in [-0.2, -0.15) is 0 Å². The monoisotopic (exact) mass is 771 g/mol. The summed E-state index contributed by atoms with van der Waals surface area (Å²) in [6, 6.07) is 78.0. The zero-order valence-electron chi connectivity index (χ0n) is 33.1. The Morgan fingerprint density at radius 1 is 0.356 bits per heavy atom. The molecule has 0 bridgehead atoms. The van der Waals surface area contributed by atoms with Crippen LogP contribution in [0.2, 0.25) is 0 Å². The molecule has 0 saturated heterocycles. The van der Waals surface area contributed by atoms with Gasteiger partial charge >= 0.3 is 0 Å². The van der Waals surface area contributed by atoms with Crippen LogP contribution in [-0.2, 0) is 5.41 Å². The third-order valence-corrected chi connectivity index (χ3v) is 13.5. The molecule has 0 radical (unpaired) electrons. The lowest BCUT2D eigenvalue weighted by molar-refractivity contribution is 0.660. The topological polar surface area (TPSA) is 3.24 Å². The van der Waals surface area contributed by atoms with Gasteiger partial charge in [0.2, 0.25) is 0 Å². The molecule has 10 aromatic rings. The van der Waals surface area contributed by atoms with E-state index >= 15 is 0 Å². The highest BCUT2D eigenvalue weighted by atomic mass is 32.1. The lowest BCUT2D eigenvalue weighted by Gasteiger charge is -2.29. The van der Waals surface area contributed by atoms with Gasteiger partial charge in [-0.15, -0.1) is 11.3 Å². The molecular formula is C57H41NS. The molecule has 9 aromatic carbocycles. The second-order valence-corrected chi connectivity index (χ2v) is 17.2. The lowest BCUT2D eigenvalue weighted by Crippen LogP contribution is -2.14. The van der Waals surface area contributed by atoms with Gasteiger partial charge in [0.25, 0.3) is 0 Å². The van der Waals surface area contributed by atoms with Crippen LogP contribution in [0.25, 0.3) is 75.8 Å². The van der Waals surface area contributed by atoms with Crippen molar-refractivity contribution in [2.24, 2.45) is 0 Å². The van der Waals surface area contributed by atoms with E-state index in [0.717, 1.165) is 17.1 Å². The molecule has 1 aliphatic carbocycles. The maximum absolute atomic E-state index is 2.43. The Hall–Kier alpha value is -7.00. The first-order valence-corrected chi connectivity index (χ1v) is 21.2. The molecule has 59 heavy (non-hydrogen) atoms. The van der Waals surface area contributed by atoms with Gasteiger partial charge in [-0.25, -0.2) is 0 Å². The molecule has 0 aliphatic heterocycles. The third kappa shape index (κ3) is 5.99. The van der Waals surface area contributed by atoms with E-state index in [0.29, 0.717) is 0 Å². The molecule has 2 heteroatoms. The molecule has 0 N–H and O–H groups in total. The first-order chi connectivity index (χ1) is 29.0. The lowest BCUT2D eigenvalue weighted by atomic mass is 9.82. The molecule has 0 spiro atoms. The van der Waals surface area contributed by atoms with Crippen molar-refractivity contribution in [3.63, 3.8) is 0 Å². The molecule has 11 rings (SSSR count). The highest BCUT2D eigenvalue weighted by Gasteiger charge is 2.37. The minimum atomic E-state index is -0.0830. The van der Waals surface area contributed by atoms with Gasteiger partial charge in [0.1, 0.15) is 0 Å². The molecule has 1 heterocycles. The molecular weight excluding hydrogens is 731 g/mol. The number of thiophene rings is 1. The van der Waals surface area contributed by atoms with E-state index in [9.17, 15) is 0 Å². The molecule has 1 nitrogen and oxygen atoms in total. The van der Waals surface area contributed by atoms with Crippen molar-refractivity contribution < 1.29 is 0 Å². The number of nitrogens with zero attached hydrogens (tertiary/aromatic N) is 1. The summed E-state index contributed by atoms with van der Waals surface area (Å²) in [5.41, 5.74) is 18.4. The number of rotatable bonds is 7. The van der Waals surface area contributed by atoms with Crippen molar-refractivity contribution in [3.05, 3.63) is 223 Å². The smallest absolute Gasteiger partial charge is 0.0540 e. The van der Waals surface area contributed by atoms with Crippen LogP contribution in [0.1, 0.15) is 25.0 Å². The fraction of sp³-hybridized carbons (Fsp3) is 0.0526. The SMILES string of the molecule is CC1(C)c2ccccc2-c2c(-c3ccccc3N(c3ccc(-c4ccc(-c5ccccc5)cc4)cc3)c3ccc(-c4ccc5c(c4)sc4ccccc45)cc3)cccc21. The molecule has 1 aromatic heterocycles. The number of hydrogen-bond acceptors (Lipinski definition) is 2. The summed E-state index contributed by atoms with van der Waals surface area (Å²) in [7, 11) is 0. The van der Waals surface area contributed by atoms with Crippen LogP contribution < -0.4 is 4.90 Å². The van der Waals surface area contributed by atoms with Gasteiger partial charge in [-0.3, -0.25) is 0 Å². The predicted octanol–water partition coefficient (Wildman–Crippen LogP) is 16.5. The van der Waals surface area contributed by atoms with E-state index < -0.39 is 0 Å². The first kappa shape index (κ1) is 35.2. The summed E-state index contributed by atoms with van der Waals surface area (Å²) < 4.78 is 2.65. The van der Waals surface area contributed by atoms with Crippen molar-refractivity contribution in [2.75, 3.05) is 4.90 Å². The zero-order valence-corrected chi connectivity index (χ0v) is 33.9. The second-order valence-electron chi connectivity index (χ2n) is 16.1. The van der Waals surface area contributed by atoms with Crippen molar-refractivity contribution in [1.29, 1.82) is 0 Å². The van der Waals surface area contributed by atoms with Crippen molar-refractivity contribution in [1.82, 2.24) is 0 Å². The average molecular weight is 772 g/mol. The van der Waals surface area contributed by atoms with Crippen molar-refractivity contribution >= 4 is 48.6 Å². The average Bonchev–Trinajstić information content (AvgIpc) is 3.79. The molecule has 0 atom stereocenters. The maximum Gasteiger partial charge on any atom is 0.0540 e. The standard InChI is InChI=1S/C57H41NS/c1-57(2)51-19-9-6-17-50(51)56-49(18-12-20-52(56)57)46-15-7-10-21-53(46)58(44-32-27-41(28-33-44)40-25-23-39(24-26-40)38-13-4-3-5-14-38)45-34-29-42(30-35-45)43-31-36-48-47-16-8-11-22-54(47)59-55(48)37-43/h3-37H,1-2H3. The zero-order chi connectivity index (χ0) is 39.5. The molecule has 0 saturated carbocycles. The van der Waals surface area contributed by atoms with Crippen LogP contribution in [-0.4, -0.2) is 0 Å². The fourth-order valence-corrected chi connectivity index (χ4v) is 10.4. The van der Waals surface area contributed by atoms with Crippen LogP contribution in [0, 0.1) is 0 Å². The van der Waals surface area contributed by atoms with Crippen LogP contribution in [0.4, 0.5) is 17.1 Å². The third-order valence-electron chi connectivity index (χ3n) is 12.3. The fourth-order valence-electron chi connectivity index (χ4n) is 9.30. The number of fused-ring (bicyclic) bond motifs is 6. The van der Waals surface area contributed by atoms with Gasteiger partial charge in [0.15, 0.2) is 0 Å². The minimum absolute atomic E-state index is 0.0830. The van der Waals surface area contributed by atoms with E-state index in [4.69, 9.17) is 0 Å². The summed E-state index contributed by atoms with van der Waals surface area (Å²) in [5.74, 6) is 0. The summed E-state index contributed by atoms with van der Waals surface area (Å²) in [6.07, 6.45) is 0. The Kier molecular flexibility index (Phi) is 8.43. The maximum atomic E-state index is 2.43. The molecule has 280 valence electrons. The van der Waals surface area contributed by atoms with E-state index in [1.54, 1.807) is 0 Å². The second kappa shape index (κ2) is 14.1. The van der Waals surface area contributed by atoms with Gasteiger partial charge in [0, 0.05) is 42.5 Å². The molecule has 0 fully saturated rings. The summed E-state index contributed by atoms with van der Waals surface area (Å²) in [4.78, 5) is 2.43. The Balaban J connectivity index is 1.02. The van der Waals surface area contributed by atoms with Crippen molar-refractivity contribution in [2.45, 2.75) is 19.3 Å². The number of benzene rings is 9. The Morgan fingerprint density at radius 2 is 0.847 bits per heavy atom. The van der Waals surface area contributed by atoms with Gasteiger partial charge in [0.05, 0.1) is 5.69 Å².